The third-order valence-electron chi connectivity index (χ3n) is 2.91. The Morgan fingerprint density at radius 2 is 1.86 bits per heavy atom. The van der Waals surface area contributed by atoms with Gasteiger partial charge in [-0.15, -0.1) is 0 Å². The van der Waals surface area contributed by atoms with Crippen molar-refractivity contribution < 1.29 is 19.1 Å². The van der Waals surface area contributed by atoms with Crippen LogP contribution in [0.2, 0.25) is 0 Å². The van der Waals surface area contributed by atoms with Crippen molar-refractivity contribution in [2.75, 3.05) is 6.54 Å². The Balaban J connectivity index is 2.39. The Labute approximate surface area is 129 Å². The fourth-order valence-electron chi connectivity index (χ4n) is 1.85. The minimum absolute atomic E-state index is 0.0943. The average molecular weight is 310 g/mol. The van der Waals surface area contributed by atoms with E-state index in [0.717, 1.165) is 0 Å². The van der Waals surface area contributed by atoms with E-state index in [0.29, 0.717) is 12.0 Å². The summed E-state index contributed by atoms with van der Waals surface area (Å²) in [5.41, 5.74) is 0.736. The van der Waals surface area contributed by atoms with Crippen molar-refractivity contribution >= 4 is 11.8 Å². The SMILES string of the molecule is CC(C)(C)CC(=O)NCC(=O)NCc1ccc(F)c(CO)c1. The lowest BCUT2D eigenvalue weighted by molar-refractivity contribution is -0.127. The molecule has 1 aromatic carbocycles. The van der Waals surface area contributed by atoms with Crippen molar-refractivity contribution in [1.29, 1.82) is 0 Å². The zero-order valence-corrected chi connectivity index (χ0v) is 13.2. The van der Waals surface area contributed by atoms with E-state index in [1.807, 2.05) is 20.8 Å². The molecule has 0 saturated carbocycles. The predicted octanol–water partition coefficient (Wildman–Crippen LogP) is 1.49. The standard InChI is InChI=1S/C16H23FN2O3/c1-16(2,3)7-14(21)19-9-15(22)18-8-11-4-5-13(17)12(6-11)10-20/h4-6,20H,7-10H2,1-3H3,(H,18,22)(H,19,21). The predicted molar refractivity (Wildman–Crippen MR) is 81.3 cm³/mol. The highest BCUT2D eigenvalue weighted by atomic mass is 19.1. The molecule has 1 aromatic rings. The van der Waals surface area contributed by atoms with Crippen LogP contribution in [-0.2, 0) is 22.7 Å². The van der Waals surface area contributed by atoms with E-state index in [4.69, 9.17) is 5.11 Å². The molecule has 0 spiro atoms. The van der Waals surface area contributed by atoms with Crippen LogP contribution in [0, 0.1) is 11.2 Å². The van der Waals surface area contributed by atoms with Crippen molar-refractivity contribution in [2.24, 2.45) is 5.41 Å². The number of rotatable bonds is 6. The van der Waals surface area contributed by atoms with Crippen LogP contribution in [0.5, 0.6) is 0 Å². The Bertz CT molecular complexity index is 539. The van der Waals surface area contributed by atoms with Gasteiger partial charge in [0, 0.05) is 18.5 Å². The van der Waals surface area contributed by atoms with Gasteiger partial charge in [-0.1, -0.05) is 26.8 Å². The van der Waals surface area contributed by atoms with Gasteiger partial charge in [-0.05, 0) is 23.1 Å². The van der Waals surface area contributed by atoms with Crippen LogP contribution in [0.4, 0.5) is 4.39 Å². The van der Waals surface area contributed by atoms with Crippen molar-refractivity contribution in [2.45, 2.75) is 40.3 Å². The van der Waals surface area contributed by atoms with Crippen LogP contribution in [0.3, 0.4) is 0 Å². The number of aliphatic hydroxyl groups is 1. The molecule has 0 heterocycles. The first-order valence-corrected chi connectivity index (χ1v) is 7.13. The molecular formula is C16H23FN2O3. The summed E-state index contributed by atoms with van der Waals surface area (Å²) in [5.74, 6) is -0.976. The maximum atomic E-state index is 13.2. The van der Waals surface area contributed by atoms with Gasteiger partial charge in [0.15, 0.2) is 0 Å². The number of amides is 2. The highest BCUT2D eigenvalue weighted by molar-refractivity contribution is 5.84. The number of benzene rings is 1. The van der Waals surface area contributed by atoms with E-state index >= 15 is 0 Å². The van der Waals surface area contributed by atoms with Crippen molar-refractivity contribution in [3.05, 3.63) is 35.1 Å². The number of carbonyl (C=O) groups excluding carboxylic acids is 2. The summed E-state index contributed by atoms with van der Waals surface area (Å²) in [4.78, 5) is 23.3. The number of halogens is 1. The molecule has 22 heavy (non-hydrogen) atoms. The Hall–Kier alpha value is -1.95. The van der Waals surface area contributed by atoms with E-state index in [2.05, 4.69) is 10.6 Å². The van der Waals surface area contributed by atoms with Gasteiger partial charge in [-0.25, -0.2) is 4.39 Å². The molecular weight excluding hydrogens is 287 g/mol. The smallest absolute Gasteiger partial charge is 0.239 e. The largest absolute Gasteiger partial charge is 0.392 e. The lowest BCUT2D eigenvalue weighted by atomic mass is 9.92. The maximum Gasteiger partial charge on any atom is 0.239 e. The topological polar surface area (TPSA) is 78.4 Å². The van der Waals surface area contributed by atoms with E-state index in [1.165, 1.54) is 18.2 Å². The lowest BCUT2D eigenvalue weighted by Crippen LogP contribution is -2.37. The lowest BCUT2D eigenvalue weighted by Gasteiger charge is -2.17. The van der Waals surface area contributed by atoms with Gasteiger partial charge in [-0.2, -0.15) is 0 Å². The van der Waals surface area contributed by atoms with Crippen molar-refractivity contribution in [3.63, 3.8) is 0 Å². The summed E-state index contributed by atoms with van der Waals surface area (Å²) in [7, 11) is 0. The molecule has 0 radical (unpaired) electrons. The van der Waals surface area contributed by atoms with Crippen LogP contribution in [-0.4, -0.2) is 23.5 Å². The fraction of sp³-hybridized carbons (Fsp3) is 0.500. The highest BCUT2D eigenvalue weighted by Gasteiger charge is 2.16. The van der Waals surface area contributed by atoms with E-state index in [1.54, 1.807) is 0 Å². The second-order valence-electron chi connectivity index (χ2n) is 6.37. The molecule has 0 unspecified atom stereocenters. The summed E-state index contributed by atoms with van der Waals surface area (Å²) in [6.45, 7) is 5.56. The first kappa shape index (κ1) is 18.1. The van der Waals surface area contributed by atoms with Crippen LogP contribution in [0.1, 0.15) is 38.3 Å². The molecule has 0 aliphatic heterocycles. The Kier molecular flexibility index (Phi) is 6.49. The van der Waals surface area contributed by atoms with Crippen LogP contribution in [0.25, 0.3) is 0 Å². The minimum Gasteiger partial charge on any atom is -0.392 e. The second-order valence-corrected chi connectivity index (χ2v) is 6.37. The van der Waals surface area contributed by atoms with Gasteiger partial charge in [0.05, 0.1) is 13.2 Å². The summed E-state index contributed by atoms with van der Waals surface area (Å²) in [6.07, 6.45) is 0.345. The summed E-state index contributed by atoms with van der Waals surface area (Å²) < 4.78 is 13.2. The summed E-state index contributed by atoms with van der Waals surface area (Å²) in [5, 5.41) is 14.2. The molecule has 0 aromatic heterocycles. The molecule has 5 nitrogen and oxygen atoms in total. The van der Waals surface area contributed by atoms with Gasteiger partial charge in [0.1, 0.15) is 5.82 Å². The first-order valence-electron chi connectivity index (χ1n) is 7.13. The molecule has 1 rings (SSSR count). The number of aliphatic hydroxyl groups excluding tert-OH is 1. The van der Waals surface area contributed by atoms with E-state index in [9.17, 15) is 14.0 Å². The molecule has 0 atom stereocenters. The zero-order chi connectivity index (χ0) is 16.8. The molecule has 2 amide bonds. The average Bonchev–Trinajstić information content (AvgIpc) is 2.42. The van der Waals surface area contributed by atoms with Gasteiger partial charge in [-0.3, -0.25) is 9.59 Å². The van der Waals surface area contributed by atoms with Gasteiger partial charge in [0.25, 0.3) is 0 Å². The highest BCUT2D eigenvalue weighted by Crippen LogP contribution is 2.17. The third-order valence-corrected chi connectivity index (χ3v) is 2.91. The molecule has 0 fully saturated rings. The van der Waals surface area contributed by atoms with E-state index < -0.39 is 12.4 Å². The van der Waals surface area contributed by atoms with Gasteiger partial charge >= 0.3 is 0 Å². The molecule has 0 aliphatic rings. The van der Waals surface area contributed by atoms with E-state index in [-0.39, 0.29) is 35.9 Å². The quantitative estimate of drug-likeness (QED) is 0.745. The summed E-state index contributed by atoms with van der Waals surface area (Å²) in [6, 6.07) is 4.28. The van der Waals surface area contributed by atoms with Crippen LogP contribution >= 0.6 is 0 Å². The zero-order valence-electron chi connectivity index (χ0n) is 13.2. The number of nitrogens with one attached hydrogen (secondary N) is 2. The van der Waals surface area contributed by atoms with Crippen molar-refractivity contribution in [3.8, 4) is 0 Å². The maximum absolute atomic E-state index is 13.2. The third kappa shape index (κ3) is 6.67. The first-order chi connectivity index (χ1) is 10.2. The second kappa shape index (κ2) is 7.89. The molecule has 0 bridgehead atoms. The fourth-order valence-corrected chi connectivity index (χ4v) is 1.85. The molecule has 0 saturated heterocycles. The number of hydrogen-bond acceptors (Lipinski definition) is 3. The van der Waals surface area contributed by atoms with Gasteiger partial charge in [0.2, 0.25) is 11.8 Å². The molecule has 6 heteroatoms. The number of hydrogen-bond donors (Lipinski definition) is 3. The van der Waals surface area contributed by atoms with Gasteiger partial charge < -0.3 is 15.7 Å². The minimum atomic E-state index is -0.480. The molecule has 0 aliphatic carbocycles. The normalized spacial score (nSPS) is 11.1. The van der Waals surface area contributed by atoms with Crippen LogP contribution < -0.4 is 10.6 Å². The number of carbonyl (C=O) groups is 2. The Morgan fingerprint density at radius 3 is 2.45 bits per heavy atom. The monoisotopic (exact) mass is 310 g/mol. The molecule has 122 valence electrons. The summed E-state index contributed by atoms with van der Waals surface area (Å²) >= 11 is 0. The van der Waals surface area contributed by atoms with Crippen LogP contribution in [0.15, 0.2) is 18.2 Å². The molecule has 3 N–H and O–H groups in total. The van der Waals surface area contributed by atoms with Crippen molar-refractivity contribution in [1.82, 2.24) is 10.6 Å². The Morgan fingerprint density at radius 1 is 1.18 bits per heavy atom.